The Kier molecular flexibility index (Phi) is 3.71. The van der Waals surface area contributed by atoms with Crippen LogP contribution in [0.3, 0.4) is 0 Å². The molecule has 4 heteroatoms. The molecule has 0 amide bonds. The highest BCUT2D eigenvalue weighted by atomic mass is 32.1. The molecule has 0 aromatic carbocycles. The van der Waals surface area contributed by atoms with Crippen molar-refractivity contribution < 1.29 is 0 Å². The van der Waals surface area contributed by atoms with Gasteiger partial charge in [-0.1, -0.05) is 6.07 Å². The third-order valence-corrected chi connectivity index (χ3v) is 5.29. The van der Waals surface area contributed by atoms with Crippen LogP contribution in [0.1, 0.15) is 30.7 Å². The molecule has 100 valence electrons. The summed E-state index contributed by atoms with van der Waals surface area (Å²) in [6, 6.07) is 5.77. The van der Waals surface area contributed by atoms with E-state index in [1.165, 1.54) is 43.9 Å². The third-order valence-electron chi connectivity index (χ3n) is 4.34. The summed E-state index contributed by atoms with van der Waals surface area (Å²) in [4.78, 5) is 6.70. The Morgan fingerprint density at radius 3 is 3.00 bits per heavy atom. The van der Waals surface area contributed by atoms with E-state index >= 15 is 0 Å². The average Bonchev–Trinajstić information content (AvgIpc) is 2.98. The number of nitrogens with zero attached hydrogens (tertiary/aromatic N) is 2. The molecular formula is C14H23N3S. The number of hydrogen-bond donors (Lipinski definition) is 1. The molecule has 3 heterocycles. The molecule has 2 saturated heterocycles. The van der Waals surface area contributed by atoms with Crippen LogP contribution in [0, 0.1) is 0 Å². The number of piperazine rings is 1. The van der Waals surface area contributed by atoms with Gasteiger partial charge in [0, 0.05) is 36.6 Å². The first-order valence-corrected chi connectivity index (χ1v) is 7.91. The molecule has 3 unspecified atom stereocenters. The Balaban J connectivity index is 1.75. The fourth-order valence-electron chi connectivity index (χ4n) is 3.50. The van der Waals surface area contributed by atoms with Crippen molar-refractivity contribution in [2.45, 2.75) is 37.9 Å². The Morgan fingerprint density at radius 2 is 2.28 bits per heavy atom. The van der Waals surface area contributed by atoms with Gasteiger partial charge < -0.3 is 5.73 Å². The zero-order chi connectivity index (χ0) is 12.5. The van der Waals surface area contributed by atoms with E-state index in [2.05, 4.69) is 34.2 Å². The zero-order valence-corrected chi connectivity index (χ0v) is 11.9. The maximum atomic E-state index is 6.25. The fourth-order valence-corrected chi connectivity index (χ4v) is 4.47. The van der Waals surface area contributed by atoms with Crippen molar-refractivity contribution in [3.63, 3.8) is 0 Å². The van der Waals surface area contributed by atoms with Gasteiger partial charge in [0.15, 0.2) is 0 Å². The van der Waals surface area contributed by atoms with E-state index < -0.39 is 0 Å². The highest BCUT2D eigenvalue weighted by Crippen LogP contribution is 2.31. The normalized spacial score (nSPS) is 29.1. The van der Waals surface area contributed by atoms with Crippen molar-refractivity contribution in [1.82, 2.24) is 9.80 Å². The molecule has 3 nitrogen and oxygen atoms in total. The highest BCUT2D eigenvalue weighted by molar-refractivity contribution is 7.10. The second kappa shape index (κ2) is 5.29. The molecule has 1 aromatic heterocycles. The summed E-state index contributed by atoms with van der Waals surface area (Å²) >= 11 is 1.84. The maximum absolute atomic E-state index is 6.25. The van der Waals surface area contributed by atoms with Crippen molar-refractivity contribution >= 4 is 11.3 Å². The predicted molar refractivity (Wildman–Crippen MR) is 76.9 cm³/mol. The molecule has 0 aliphatic carbocycles. The summed E-state index contributed by atoms with van der Waals surface area (Å²) in [5.74, 6) is 0. The molecule has 0 bridgehead atoms. The largest absolute Gasteiger partial charge is 0.326 e. The second-order valence-electron chi connectivity index (χ2n) is 5.65. The Bertz CT molecular complexity index is 376. The molecule has 2 fully saturated rings. The molecule has 0 spiro atoms. The molecule has 3 rings (SSSR count). The van der Waals surface area contributed by atoms with Gasteiger partial charge in [0.1, 0.15) is 0 Å². The lowest BCUT2D eigenvalue weighted by Gasteiger charge is -2.42. The van der Waals surface area contributed by atoms with Crippen LogP contribution in [-0.2, 0) is 0 Å². The molecule has 0 saturated carbocycles. The van der Waals surface area contributed by atoms with E-state index in [1.807, 2.05) is 11.3 Å². The summed E-state index contributed by atoms with van der Waals surface area (Å²) in [5, 5.41) is 2.16. The van der Waals surface area contributed by atoms with E-state index in [1.54, 1.807) is 0 Å². The first-order valence-electron chi connectivity index (χ1n) is 7.03. The minimum Gasteiger partial charge on any atom is -0.326 e. The zero-order valence-electron chi connectivity index (χ0n) is 11.1. The topological polar surface area (TPSA) is 32.5 Å². The lowest BCUT2D eigenvalue weighted by atomic mass is 10.0. The molecular weight excluding hydrogens is 242 g/mol. The molecule has 3 atom stereocenters. The van der Waals surface area contributed by atoms with Crippen LogP contribution in [0.15, 0.2) is 17.5 Å². The van der Waals surface area contributed by atoms with Crippen LogP contribution in [0.4, 0.5) is 0 Å². The van der Waals surface area contributed by atoms with Crippen LogP contribution in [0.2, 0.25) is 0 Å². The van der Waals surface area contributed by atoms with E-state index in [0.29, 0.717) is 6.04 Å². The third kappa shape index (κ3) is 2.35. The van der Waals surface area contributed by atoms with Crippen LogP contribution < -0.4 is 5.73 Å². The summed E-state index contributed by atoms with van der Waals surface area (Å²) in [7, 11) is 0. The molecule has 0 radical (unpaired) electrons. The standard InChI is InChI=1S/C14H23N3S/c1-11(15)14(13-5-3-9-18-13)17-8-7-16-6-2-4-12(16)10-17/h3,5,9,11-12,14H,2,4,6-8,10,15H2,1H3. The van der Waals surface area contributed by atoms with Crippen LogP contribution in [0.25, 0.3) is 0 Å². The SMILES string of the molecule is CC(N)C(c1cccs1)N1CCN2CCCC2C1. The van der Waals surface area contributed by atoms with Crippen molar-refractivity contribution in [3.8, 4) is 0 Å². The highest BCUT2D eigenvalue weighted by Gasteiger charge is 2.35. The van der Waals surface area contributed by atoms with E-state index in [-0.39, 0.29) is 6.04 Å². The van der Waals surface area contributed by atoms with Crippen molar-refractivity contribution in [1.29, 1.82) is 0 Å². The summed E-state index contributed by atoms with van der Waals surface area (Å²) in [6.07, 6.45) is 2.74. The van der Waals surface area contributed by atoms with Gasteiger partial charge in [-0.05, 0) is 37.8 Å². The van der Waals surface area contributed by atoms with Crippen LogP contribution in [0.5, 0.6) is 0 Å². The van der Waals surface area contributed by atoms with E-state index in [9.17, 15) is 0 Å². The molecule has 2 aliphatic heterocycles. The lowest BCUT2D eigenvalue weighted by Crippen LogP contribution is -2.53. The number of nitrogens with two attached hydrogens (primary N) is 1. The van der Waals surface area contributed by atoms with Gasteiger partial charge in [-0.15, -0.1) is 11.3 Å². The van der Waals surface area contributed by atoms with Crippen molar-refractivity contribution in [2.24, 2.45) is 5.73 Å². The molecule has 2 aliphatic rings. The van der Waals surface area contributed by atoms with Gasteiger partial charge in [0.05, 0.1) is 6.04 Å². The van der Waals surface area contributed by atoms with E-state index in [0.717, 1.165) is 6.04 Å². The van der Waals surface area contributed by atoms with Crippen molar-refractivity contribution in [2.75, 3.05) is 26.2 Å². The monoisotopic (exact) mass is 265 g/mol. The molecule has 2 N–H and O–H groups in total. The lowest BCUT2D eigenvalue weighted by molar-refractivity contribution is 0.0648. The fraction of sp³-hybridized carbons (Fsp3) is 0.714. The Hall–Kier alpha value is -0.420. The molecule has 18 heavy (non-hydrogen) atoms. The summed E-state index contributed by atoms with van der Waals surface area (Å²) in [6.45, 7) is 7.04. The summed E-state index contributed by atoms with van der Waals surface area (Å²) in [5.41, 5.74) is 6.25. The minimum absolute atomic E-state index is 0.205. The van der Waals surface area contributed by atoms with Crippen LogP contribution in [-0.4, -0.2) is 48.1 Å². The summed E-state index contributed by atoms with van der Waals surface area (Å²) < 4.78 is 0. The minimum atomic E-state index is 0.205. The smallest absolute Gasteiger partial charge is 0.0591 e. The average molecular weight is 265 g/mol. The Morgan fingerprint density at radius 1 is 1.39 bits per heavy atom. The van der Waals surface area contributed by atoms with Crippen molar-refractivity contribution in [3.05, 3.63) is 22.4 Å². The predicted octanol–water partition coefficient (Wildman–Crippen LogP) is 1.92. The Labute approximate surface area is 114 Å². The van der Waals surface area contributed by atoms with Crippen LogP contribution >= 0.6 is 11.3 Å². The molecule has 1 aromatic rings. The number of fused-ring (bicyclic) bond motifs is 1. The quantitative estimate of drug-likeness (QED) is 0.906. The number of thiophene rings is 1. The number of rotatable bonds is 3. The van der Waals surface area contributed by atoms with E-state index in [4.69, 9.17) is 5.73 Å². The second-order valence-corrected chi connectivity index (χ2v) is 6.63. The van der Waals surface area contributed by atoms with Gasteiger partial charge in [-0.25, -0.2) is 0 Å². The van der Waals surface area contributed by atoms with Gasteiger partial charge in [-0.2, -0.15) is 0 Å². The van der Waals surface area contributed by atoms with Gasteiger partial charge >= 0.3 is 0 Å². The first-order chi connectivity index (χ1) is 8.75. The van der Waals surface area contributed by atoms with Gasteiger partial charge in [-0.3, -0.25) is 9.80 Å². The maximum Gasteiger partial charge on any atom is 0.0591 e. The first kappa shape index (κ1) is 12.6. The number of hydrogen-bond acceptors (Lipinski definition) is 4. The van der Waals surface area contributed by atoms with Gasteiger partial charge in [0.25, 0.3) is 0 Å². The van der Waals surface area contributed by atoms with Gasteiger partial charge in [0.2, 0.25) is 0 Å².